The van der Waals surface area contributed by atoms with Gasteiger partial charge in [0.1, 0.15) is 0 Å². The summed E-state index contributed by atoms with van der Waals surface area (Å²) in [7, 11) is 0. The minimum absolute atomic E-state index is 0.105. The zero-order chi connectivity index (χ0) is 11.9. The van der Waals surface area contributed by atoms with Gasteiger partial charge in [-0.05, 0) is 22.4 Å². The quantitative estimate of drug-likeness (QED) is 0.642. The first-order valence-electron chi connectivity index (χ1n) is 4.05. The highest BCUT2D eigenvalue weighted by Crippen LogP contribution is 2.49. The molecule has 0 spiro atoms. The van der Waals surface area contributed by atoms with Gasteiger partial charge in [-0.15, -0.1) is 0 Å². The van der Waals surface area contributed by atoms with Crippen LogP contribution in [0.25, 0.3) is 0 Å². The van der Waals surface area contributed by atoms with Gasteiger partial charge in [-0.3, -0.25) is 0 Å². The Morgan fingerprint density at radius 2 is 2.07 bits per heavy atom. The first-order valence-corrected chi connectivity index (χ1v) is 4.84. The maximum absolute atomic E-state index is 13.1. The second-order valence-electron chi connectivity index (χ2n) is 3.14. The Hall–Kier alpha value is -0.370. The summed E-state index contributed by atoms with van der Waals surface area (Å²) in [4.78, 5) is -0.543. The normalized spacial score (nSPS) is 27.5. The topological polar surface area (TPSA) is 41.8 Å². The number of alkyl halides is 5. The third-order valence-electron chi connectivity index (χ3n) is 2.02. The van der Waals surface area contributed by atoms with Crippen molar-refractivity contribution < 1.29 is 27.5 Å². The molecule has 1 unspecified atom stereocenters. The van der Waals surface area contributed by atoms with Gasteiger partial charge >= 0.3 is 16.5 Å². The van der Waals surface area contributed by atoms with Crippen molar-refractivity contribution in [3.8, 4) is 0 Å². The van der Waals surface area contributed by atoms with E-state index in [-0.39, 0.29) is 12.1 Å². The van der Waals surface area contributed by atoms with Gasteiger partial charge in [0.25, 0.3) is 0 Å². The van der Waals surface area contributed by atoms with Gasteiger partial charge in [0, 0.05) is 0 Å². The molecule has 1 atom stereocenters. The number of nitrogens with zero attached hydrogens (tertiary/aromatic N) is 1. The largest absolute Gasteiger partial charge is 0.386 e. The van der Waals surface area contributed by atoms with Crippen LogP contribution in [0.3, 0.4) is 0 Å². The fourth-order valence-electron chi connectivity index (χ4n) is 1.06. The molecule has 0 fully saturated rings. The van der Waals surface area contributed by atoms with Crippen molar-refractivity contribution in [2.75, 3.05) is 0 Å². The molecule has 0 radical (unpaired) electrons. The van der Waals surface area contributed by atoms with Crippen LogP contribution >= 0.6 is 15.9 Å². The minimum Gasteiger partial charge on any atom is -0.353 e. The summed E-state index contributed by atoms with van der Waals surface area (Å²) in [6, 6.07) is 0. The molecule has 0 bridgehead atoms. The lowest BCUT2D eigenvalue weighted by molar-refractivity contribution is -0.344. The van der Waals surface area contributed by atoms with E-state index >= 15 is 0 Å². The van der Waals surface area contributed by atoms with E-state index in [0.717, 1.165) is 0 Å². The van der Waals surface area contributed by atoms with Crippen LogP contribution in [-0.4, -0.2) is 27.4 Å². The van der Waals surface area contributed by atoms with E-state index in [4.69, 9.17) is 0 Å². The lowest BCUT2D eigenvalue weighted by atomic mass is 10.0. The molecule has 0 saturated heterocycles. The van der Waals surface area contributed by atoms with Crippen LogP contribution in [0.2, 0.25) is 0 Å². The Kier molecular flexibility index (Phi) is 3.03. The van der Waals surface area contributed by atoms with Crippen LogP contribution in [-0.2, 0) is 4.84 Å². The molecule has 0 aromatic carbocycles. The molecule has 0 aromatic rings. The van der Waals surface area contributed by atoms with Gasteiger partial charge in [-0.1, -0.05) is 12.1 Å². The first-order chi connectivity index (χ1) is 6.64. The standard InChI is InChI=1S/C7H8BrF4NO2/c1-2-4-3-5(14,15-13-4)6(9,10)7(8,11)12/h14H,2-3H2,1H3. The van der Waals surface area contributed by atoms with Gasteiger partial charge in [-0.25, -0.2) is 0 Å². The van der Waals surface area contributed by atoms with Gasteiger partial charge in [0.2, 0.25) is 0 Å². The number of aliphatic hydroxyl groups is 1. The van der Waals surface area contributed by atoms with Crippen LogP contribution in [0.1, 0.15) is 19.8 Å². The fourth-order valence-corrected chi connectivity index (χ4v) is 1.37. The van der Waals surface area contributed by atoms with Crippen molar-refractivity contribution in [1.29, 1.82) is 0 Å². The third-order valence-corrected chi connectivity index (χ3v) is 2.52. The molecule has 1 aliphatic heterocycles. The molecule has 0 amide bonds. The summed E-state index contributed by atoms with van der Waals surface area (Å²) in [5.41, 5.74) is 0.105. The van der Waals surface area contributed by atoms with E-state index in [2.05, 4.69) is 9.99 Å². The van der Waals surface area contributed by atoms with Crippen molar-refractivity contribution in [3.63, 3.8) is 0 Å². The monoisotopic (exact) mass is 293 g/mol. The second-order valence-corrected chi connectivity index (χ2v) is 4.13. The van der Waals surface area contributed by atoms with E-state index in [1.807, 2.05) is 0 Å². The smallest absolute Gasteiger partial charge is 0.353 e. The Labute approximate surface area is 91.2 Å². The van der Waals surface area contributed by atoms with E-state index in [0.29, 0.717) is 0 Å². The number of hydrogen-bond acceptors (Lipinski definition) is 3. The van der Waals surface area contributed by atoms with Gasteiger partial charge in [-0.2, -0.15) is 17.6 Å². The van der Waals surface area contributed by atoms with Gasteiger partial charge in [0.15, 0.2) is 0 Å². The molecule has 1 N–H and O–H groups in total. The maximum atomic E-state index is 13.1. The number of hydrogen-bond donors (Lipinski definition) is 1. The van der Waals surface area contributed by atoms with Gasteiger partial charge in [0.05, 0.1) is 12.1 Å². The van der Waals surface area contributed by atoms with Crippen LogP contribution in [0.5, 0.6) is 0 Å². The highest BCUT2D eigenvalue weighted by atomic mass is 79.9. The van der Waals surface area contributed by atoms with Crippen molar-refractivity contribution in [1.82, 2.24) is 0 Å². The third kappa shape index (κ3) is 1.96. The van der Waals surface area contributed by atoms with Crippen molar-refractivity contribution >= 4 is 21.6 Å². The molecule has 88 valence electrons. The van der Waals surface area contributed by atoms with Crippen molar-refractivity contribution in [2.24, 2.45) is 5.16 Å². The summed E-state index contributed by atoms with van der Waals surface area (Å²) in [5.74, 6) is -8.05. The van der Waals surface area contributed by atoms with E-state index in [1.54, 1.807) is 6.92 Å². The van der Waals surface area contributed by atoms with Crippen molar-refractivity contribution in [3.05, 3.63) is 0 Å². The molecule has 1 heterocycles. The Balaban J connectivity index is 2.91. The molecular formula is C7H8BrF4NO2. The molecule has 0 saturated carbocycles. The maximum Gasteiger partial charge on any atom is 0.386 e. The zero-order valence-corrected chi connectivity index (χ0v) is 9.19. The fraction of sp³-hybridized carbons (Fsp3) is 0.857. The molecular weight excluding hydrogens is 286 g/mol. The molecule has 1 aliphatic rings. The zero-order valence-electron chi connectivity index (χ0n) is 7.61. The highest BCUT2D eigenvalue weighted by molar-refractivity contribution is 9.10. The number of halogens is 5. The molecule has 0 aliphatic carbocycles. The lowest BCUT2D eigenvalue weighted by Crippen LogP contribution is -2.56. The van der Waals surface area contributed by atoms with Crippen LogP contribution in [0.15, 0.2) is 5.16 Å². The van der Waals surface area contributed by atoms with Gasteiger partial charge < -0.3 is 9.94 Å². The second kappa shape index (κ2) is 3.58. The first kappa shape index (κ1) is 12.7. The van der Waals surface area contributed by atoms with Crippen LogP contribution in [0.4, 0.5) is 17.6 Å². The summed E-state index contributed by atoms with van der Waals surface area (Å²) in [6.07, 6.45) is -0.496. The minimum atomic E-state index is -4.76. The van der Waals surface area contributed by atoms with Crippen LogP contribution in [0, 0.1) is 0 Å². The summed E-state index contributed by atoms with van der Waals surface area (Å²) < 4.78 is 51.2. The summed E-state index contributed by atoms with van der Waals surface area (Å²) in [5, 5.41) is 12.4. The average Bonchev–Trinajstić information content (AvgIpc) is 2.47. The molecule has 1 rings (SSSR count). The summed E-state index contributed by atoms with van der Waals surface area (Å²) >= 11 is 1.51. The van der Waals surface area contributed by atoms with Crippen molar-refractivity contribution in [2.45, 2.75) is 36.3 Å². The SMILES string of the molecule is CCC1=NOC(O)(C(F)(F)C(F)(F)Br)C1. The summed E-state index contributed by atoms with van der Waals surface area (Å²) in [6.45, 7) is 1.58. The lowest BCUT2D eigenvalue weighted by Gasteiger charge is -2.31. The molecule has 8 heteroatoms. The number of rotatable bonds is 3. The number of oxime groups is 1. The predicted molar refractivity (Wildman–Crippen MR) is 47.2 cm³/mol. The van der Waals surface area contributed by atoms with Crippen LogP contribution < -0.4 is 0 Å². The Morgan fingerprint density at radius 3 is 2.40 bits per heavy atom. The van der Waals surface area contributed by atoms with E-state index < -0.39 is 23.0 Å². The Bertz CT molecular complexity index is 291. The van der Waals surface area contributed by atoms with E-state index in [9.17, 15) is 22.7 Å². The molecule has 15 heavy (non-hydrogen) atoms. The molecule has 3 nitrogen and oxygen atoms in total. The average molecular weight is 294 g/mol. The van der Waals surface area contributed by atoms with E-state index in [1.165, 1.54) is 15.9 Å². The molecule has 0 aromatic heterocycles. The predicted octanol–water partition coefficient (Wildman–Crippen LogP) is 2.48. The Morgan fingerprint density at radius 1 is 1.53 bits per heavy atom. The highest BCUT2D eigenvalue weighted by Gasteiger charge is 2.71.